The minimum atomic E-state index is 0.0477. The number of amides is 1. The maximum Gasteiger partial charge on any atom is 0.226 e. The molecule has 0 bridgehead atoms. The summed E-state index contributed by atoms with van der Waals surface area (Å²) in [6.45, 7) is 11.0. The zero-order chi connectivity index (χ0) is 14.3. The van der Waals surface area contributed by atoms with Crippen molar-refractivity contribution in [3.8, 4) is 0 Å². The summed E-state index contributed by atoms with van der Waals surface area (Å²) in [5.41, 5.74) is 0.141. The lowest BCUT2D eigenvalue weighted by atomic mass is 10.0. The van der Waals surface area contributed by atoms with E-state index >= 15 is 0 Å². The predicted octanol–water partition coefficient (Wildman–Crippen LogP) is 1.24. The van der Waals surface area contributed by atoms with E-state index in [0.29, 0.717) is 12.6 Å². The number of nitrogens with one attached hydrogen (secondary N) is 1. The quantitative estimate of drug-likeness (QED) is 0.789. The highest BCUT2D eigenvalue weighted by Crippen LogP contribution is 2.68. The molecule has 1 saturated heterocycles. The van der Waals surface area contributed by atoms with Gasteiger partial charge in [-0.1, -0.05) is 27.7 Å². The van der Waals surface area contributed by atoms with Crippen LogP contribution in [-0.4, -0.2) is 48.2 Å². The van der Waals surface area contributed by atoms with Crippen LogP contribution in [0.1, 0.15) is 40.5 Å². The Morgan fingerprint density at radius 3 is 2.37 bits per heavy atom. The molecule has 0 spiro atoms. The summed E-state index contributed by atoms with van der Waals surface area (Å²) >= 11 is 0. The van der Waals surface area contributed by atoms with Crippen LogP contribution >= 0.6 is 0 Å². The lowest BCUT2D eigenvalue weighted by Crippen LogP contribution is -2.44. The van der Waals surface area contributed by atoms with Gasteiger partial charge in [0.2, 0.25) is 5.91 Å². The second kappa shape index (κ2) is 5.06. The summed E-state index contributed by atoms with van der Waals surface area (Å²) in [6.07, 6.45) is 2.32. The van der Waals surface area contributed by atoms with Crippen molar-refractivity contribution in [2.75, 3.05) is 26.2 Å². The molecule has 1 heterocycles. The van der Waals surface area contributed by atoms with Gasteiger partial charge < -0.3 is 15.3 Å². The molecule has 110 valence electrons. The van der Waals surface area contributed by atoms with Crippen LogP contribution < -0.4 is 5.32 Å². The molecule has 4 heteroatoms. The Morgan fingerprint density at radius 1 is 1.32 bits per heavy atom. The van der Waals surface area contributed by atoms with E-state index in [2.05, 4.69) is 33.0 Å². The molecule has 0 radical (unpaired) electrons. The van der Waals surface area contributed by atoms with Crippen LogP contribution in [0.5, 0.6) is 0 Å². The molecule has 1 amide bonds. The third kappa shape index (κ3) is 2.52. The zero-order valence-electron chi connectivity index (χ0n) is 12.7. The molecule has 2 fully saturated rings. The van der Waals surface area contributed by atoms with E-state index in [1.165, 1.54) is 6.42 Å². The first kappa shape index (κ1) is 14.8. The average molecular weight is 268 g/mol. The first-order valence-electron chi connectivity index (χ1n) is 7.45. The van der Waals surface area contributed by atoms with Crippen molar-refractivity contribution in [2.24, 2.45) is 16.7 Å². The molecular weight excluding hydrogens is 240 g/mol. The number of carbonyl (C=O) groups is 1. The number of nitrogens with zero attached hydrogens (tertiary/aromatic N) is 1. The van der Waals surface area contributed by atoms with Gasteiger partial charge in [0.1, 0.15) is 0 Å². The number of rotatable bonds is 5. The van der Waals surface area contributed by atoms with Crippen molar-refractivity contribution in [3.05, 3.63) is 0 Å². The second-order valence-corrected chi connectivity index (χ2v) is 7.18. The Morgan fingerprint density at radius 2 is 1.95 bits per heavy atom. The summed E-state index contributed by atoms with van der Waals surface area (Å²) in [5, 5.41) is 12.6. The van der Waals surface area contributed by atoms with Crippen LogP contribution in [0, 0.1) is 16.7 Å². The number of carbonyl (C=O) groups excluding carboxylic acids is 1. The van der Waals surface area contributed by atoms with E-state index in [4.69, 9.17) is 0 Å². The smallest absolute Gasteiger partial charge is 0.226 e. The zero-order valence-corrected chi connectivity index (χ0v) is 12.7. The van der Waals surface area contributed by atoms with Crippen LogP contribution in [0.25, 0.3) is 0 Å². The van der Waals surface area contributed by atoms with E-state index in [9.17, 15) is 9.90 Å². The van der Waals surface area contributed by atoms with Crippen LogP contribution in [0.15, 0.2) is 0 Å². The van der Waals surface area contributed by atoms with Gasteiger partial charge in [0.15, 0.2) is 0 Å². The molecule has 1 atom stereocenters. The average Bonchev–Trinajstić information content (AvgIpc) is 2.73. The molecule has 1 unspecified atom stereocenters. The summed E-state index contributed by atoms with van der Waals surface area (Å²) in [4.78, 5) is 14.6. The Bertz CT molecular complexity index is 332. The SMILES string of the molecule is CC1(C)C(C(=O)N(CCO)CC2CCCN2)C1(C)C. The van der Waals surface area contributed by atoms with Crippen molar-refractivity contribution in [2.45, 2.75) is 46.6 Å². The Hall–Kier alpha value is -0.610. The Balaban J connectivity index is 2.01. The Kier molecular flexibility index (Phi) is 3.94. The fourth-order valence-corrected chi connectivity index (χ4v) is 3.59. The molecule has 1 aliphatic heterocycles. The first-order chi connectivity index (χ1) is 8.82. The maximum absolute atomic E-state index is 12.7. The van der Waals surface area contributed by atoms with Gasteiger partial charge in [-0.2, -0.15) is 0 Å². The van der Waals surface area contributed by atoms with Crippen molar-refractivity contribution < 1.29 is 9.90 Å². The lowest BCUT2D eigenvalue weighted by molar-refractivity contribution is -0.134. The van der Waals surface area contributed by atoms with Crippen LogP contribution in [-0.2, 0) is 4.79 Å². The fraction of sp³-hybridized carbons (Fsp3) is 0.933. The highest BCUT2D eigenvalue weighted by atomic mass is 16.3. The van der Waals surface area contributed by atoms with Crippen molar-refractivity contribution in [1.29, 1.82) is 0 Å². The molecular formula is C15H28N2O2. The molecule has 2 rings (SSSR count). The molecule has 0 aromatic heterocycles. The topological polar surface area (TPSA) is 52.6 Å². The van der Waals surface area contributed by atoms with E-state index in [-0.39, 0.29) is 29.3 Å². The summed E-state index contributed by atoms with van der Waals surface area (Å²) in [7, 11) is 0. The molecule has 0 aromatic carbocycles. The van der Waals surface area contributed by atoms with Gasteiger partial charge >= 0.3 is 0 Å². The van der Waals surface area contributed by atoms with Gasteiger partial charge in [-0.25, -0.2) is 0 Å². The van der Waals surface area contributed by atoms with E-state index < -0.39 is 0 Å². The van der Waals surface area contributed by atoms with Crippen LogP contribution in [0.3, 0.4) is 0 Å². The predicted molar refractivity (Wildman–Crippen MR) is 75.7 cm³/mol. The van der Waals surface area contributed by atoms with Crippen LogP contribution in [0.2, 0.25) is 0 Å². The third-order valence-electron chi connectivity index (χ3n) is 5.55. The summed E-state index contributed by atoms with van der Waals surface area (Å²) in [5.74, 6) is 0.311. The van der Waals surface area contributed by atoms with Crippen molar-refractivity contribution in [1.82, 2.24) is 10.2 Å². The molecule has 19 heavy (non-hydrogen) atoms. The minimum absolute atomic E-state index is 0.0477. The van der Waals surface area contributed by atoms with Gasteiger partial charge in [0.05, 0.1) is 6.61 Å². The monoisotopic (exact) mass is 268 g/mol. The van der Waals surface area contributed by atoms with Crippen molar-refractivity contribution in [3.63, 3.8) is 0 Å². The molecule has 1 saturated carbocycles. The van der Waals surface area contributed by atoms with Gasteiger partial charge in [-0.3, -0.25) is 4.79 Å². The molecule has 2 N–H and O–H groups in total. The normalized spacial score (nSPS) is 28.4. The van der Waals surface area contributed by atoms with Crippen molar-refractivity contribution >= 4 is 5.91 Å². The number of hydrogen-bond donors (Lipinski definition) is 2. The summed E-state index contributed by atoms with van der Waals surface area (Å²) in [6, 6.07) is 0.403. The number of aliphatic hydroxyl groups is 1. The molecule has 2 aliphatic rings. The highest BCUT2D eigenvalue weighted by Gasteiger charge is 2.68. The molecule has 4 nitrogen and oxygen atoms in total. The van der Waals surface area contributed by atoms with Gasteiger partial charge in [0, 0.05) is 25.0 Å². The third-order valence-corrected chi connectivity index (χ3v) is 5.55. The molecule has 1 aliphatic carbocycles. The number of hydrogen-bond acceptors (Lipinski definition) is 3. The Labute approximate surface area is 116 Å². The van der Waals surface area contributed by atoms with Gasteiger partial charge in [-0.05, 0) is 30.2 Å². The number of aliphatic hydroxyl groups excluding tert-OH is 1. The fourth-order valence-electron chi connectivity index (χ4n) is 3.59. The first-order valence-corrected chi connectivity index (χ1v) is 7.45. The van der Waals surface area contributed by atoms with Gasteiger partial charge in [-0.15, -0.1) is 0 Å². The molecule has 0 aromatic rings. The van der Waals surface area contributed by atoms with E-state index in [1.54, 1.807) is 0 Å². The largest absolute Gasteiger partial charge is 0.395 e. The maximum atomic E-state index is 12.7. The van der Waals surface area contributed by atoms with Crippen LogP contribution in [0.4, 0.5) is 0 Å². The van der Waals surface area contributed by atoms with Gasteiger partial charge in [0.25, 0.3) is 0 Å². The lowest BCUT2D eigenvalue weighted by Gasteiger charge is -2.26. The highest BCUT2D eigenvalue weighted by molar-refractivity contribution is 5.84. The minimum Gasteiger partial charge on any atom is -0.395 e. The van der Waals surface area contributed by atoms with E-state index in [0.717, 1.165) is 19.5 Å². The second-order valence-electron chi connectivity index (χ2n) is 7.18. The standard InChI is InChI=1S/C15H28N2O2/c1-14(2)12(15(14,3)4)13(19)17(8-9-18)10-11-6-5-7-16-11/h11-12,16,18H,5-10H2,1-4H3. The van der Waals surface area contributed by atoms with E-state index in [1.807, 2.05) is 4.90 Å². The summed E-state index contributed by atoms with van der Waals surface area (Å²) < 4.78 is 0.